The highest BCUT2D eigenvalue weighted by molar-refractivity contribution is 7.10. The Bertz CT molecular complexity index is 698. The fourth-order valence-electron chi connectivity index (χ4n) is 2.87. The Hall–Kier alpha value is -1.36. The van der Waals surface area contributed by atoms with Crippen LogP contribution in [0.1, 0.15) is 29.0 Å². The summed E-state index contributed by atoms with van der Waals surface area (Å²) in [6.07, 6.45) is 1.02. The van der Waals surface area contributed by atoms with Gasteiger partial charge in [0, 0.05) is 17.5 Å². The third-order valence-corrected chi connectivity index (χ3v) is 5.46. The lowest BCUT2D eigenvalue weighted by molar-refractivity contribution is -0.117. The maximum Gasteiger partial charge on any atom is 0.238 e. The maximum atomic E-state index is 12.3. The first kappa shape index (κ1) is 15.5. The van der Waals surface area contributed by atoms with Crippen LogP contribution < -0.4 is 5.32 Å². The number of aryl methyl sites for hydroxylation is 1. The van der Waals surface area contributed by atoms with Gasteiger partial charge in [-0.2, -0.15) is 0 Å². The number of anilines is 1. The second-order valence-electron chi connectivity index (χ2n) is 5.73. The van der Waals surface area contributed by atoms with Crippen molar-refractivity contribution in [1.82, 2.24) is 4.90 Å². The van der Waals surface area contributed by atoms with Crippen molar-refractivity contribution in [2.75, 3.05) is 18.4 Å². The topological polar surface area (TPSA) is 32.3 Å². The van der Waals surface area contributed by atoms with Crippen LogP contribution in [0.5, 0.6) is 0 Å². The average molecular weight is 335 g/mol. The van der Waals surface area contributed by atoms with Crippen LogP contribution in [0.4, 0.5) is 5.69 Å². The number of fused-ring (bicyclic) bond motifs is 1. The van der Waals surface area contributed by atoms with E-state index in [9.17, 15) is 4.79 Å². The van der Waals surface area contributed by atoms with Crippen molar-refractivity contribution < 1.29 is 4.79 Å². The summed E-state index contributed by atoms with van der Waals surface area (Å²) < 4.78 is 0. The molecule has 0 saturated carbocycles. The van der Waals surface area contributed by atoms with E-state index in [2.05, 4.69) is 28.6 Å². The molecule has 0 fully saturated rings. The molecule has 3 rings (SSSR count). The predicted molar refractivity (Wildman–Crippen MR) is 92.8 cm³/mol. The molecule has 22 heavy (non-hydrogen) atoms. The number of benzene rings is 1. The number of amides is 1. The molecule has 0 radical (unpaired) electrons. The number of hydrogen-bond donors (Lipinski definition) is 1. The van der Waals surface area contributed by atoms with E-state index in [-0.39, 0.29) is 11.9 Å². The van der Waals surface area contributed by atoms with Crippen molar-refractivity contribution in [3.63, 3.8) is 0 Å². The first-order valence-electron chi connectivity index (χ1n) is 7.41. The first-order valence-corrected chi connectivity index (χ1v) is 8.66. The van der Waals surface area contributed by atoms with Gasteiger partial charge in [-0.3, -0.25) is 9.69 Å². The van der Waals surface area contributed by atoms with Crippen LogP contribution in [0.25, 0.3) is 0 Å². The molecule has 1 atom stereocenters. The van der Waals surface area contributed by atoms with E-state index >= 15 is 0 Å². The van der Waals surface area contributed by atoms with Gasteiger partial charge in [-0.1, -0.05) is 17.7 Å². The molecular formula is C17H19ClN2OS. The highest BCUT2D eigenvalue weighted by Gasteiger charge is 2.26. The summed E-state index contributed by atoms with van der Waals surface area (Å²) in [6.45, 7) is 5.45. The Morgan fingerprint density at radius 1 is 1.45 bits per heavy atom. The number of hydrogen-bond acceptors (Lipinski definition) is 3. The lowest BCUT2D eigenvalue weighted by Gasteiger charge is -2.32. The van der Waals surface area contributed by atoms with E-state index in [4.69, 9.17) is 11.6 Å². The molecule has 1 aliphatic heterocycles. The summed E-state index contributed by atoms with van der Waals surface area (Å²) in [5.41, 5.74) is 3.12. The fraction of sp³-hybridized carbons (Fsp3) is 0.353. The van der Waals surface area contributed by atoms with E-state index < -0.39 is 0 Å². The number of halogens is 1. The summed E-state index contributed by atoms with van der Waals surface area (Å²) in [6, 6.07) is 8.12. The van der Waals surface area contributed by atoms with Crippen molar-refractivity contribution >= 4 is 34.5 Å². The van der Waals surface area contributed by atoms with Crippen molar-refractivity contribution in [2.45, 2.75) is 26.3 Å². The van der Waals surface area contributed by atoms with Gasteiger partial charge < -0.3 is 5.32 Å². The van der Waals surface area contributed by atoms with Gasteiger partial charge in [0.15, 0.2) is 0 Å². The molecule has 1 amide bonds. The molecule has 116 valence electrons. The number of nitrogens with zero attached hydrogens (tertiary/aromatic N) is 1. The van der Waals surface area contributed by atoms with Crippen LogP contribution in [-0.2, 0) is 11.2 Å². The van der Waals surface area contributed by atoms with E-state index in [0.29, 0.717) is 17.3 Å². The van der Waals surface area contributed by atoms with Gasteiger partial charge in [-0.05, 0) is 55.0 Å². The summed E-state index contributed by atoms with van der Waals surface area (Å²) in [7, 11) is 0. The molecule has 0 unspecified atom stereocenters. The molecule has 0 aliphatic carbocycles. The lowest BCUT2D eigenvalue weighted by Crippen LogP contribution is -2.39. The minimum Gasteiger partial charge on any atom is -0.324 e. The minimum atomic E-state index is -0.0173. The third-order valence-electron chi connectivity index (χ3n) is 4.15. The molecule has 3 nitrogen and oxygen atoms in total. The minimum absolute atomic E-state index is 0.0173. The number of thiophene rings is 1. The smallest absolute Gasteiger partial charge is 0.238 e. The Morgan fingerprint density at radius 3 is 3.05 bits per heavy atom. The van der Waals surface area contributed by atoms with E-state index in [1.807, 2.05) is 36.5 Å². The molecule has 1 N–H and O–H groups in total. The molecule has 1 aliphatic rings. The fourth-order valence-corrected chi connectivity index (χ4v) is 4.12. The highest BCUT2D eigenvalue weighted by Crippen LogP contribution is 2.32. The lowest BCUT2D eigenvalue weighted by atomic mass is 10.0. The molecular weight excluding hydrogens is 316 g/mol. The van der Waals surface area contributed by atoms with Gasteiger partial charge in [-0.15, -0.1) is 11.3 Å². The second-order valence-corrected chi connectivity index (χ2v) is 7.13. The van der Waals surface area contributed by atoms with Crippen LogP contribution in [-0.4, -0.2) is 23.9 Å². The molecule has 0 spiro atoms. The highest BCUT2D eigenvalue weighted by atomic mass is 35.5. The van der Waals surface area contributed by atoms with Crippen LogP contribution in [0, 0.1) is 6.92 Å². The summed E-state index contributed by atoms with van der Waals surface area (Å²) in [4.78, 5) is 16.0. The van der Waals surface area contributed by atoms with Gasteiger partial charge in [0.25, 0.3) is 0 Å². The van der Waals surface area contributed by atoms with Gasteiger partial charge >= 0.3 is 0 Å². The summed E-state index contributed by atoms with van der Waals surface area (Å²) in [5.74, 6) is -0.0173. The second kappa shape index (κ2) is 6.41. The Kier molecular flexibility index (Phi) is 4.52. The van der Waals surface area contributed by atoms with Gasteiger partial charge in [0.2, 0.25) is 5.91 Å². The van der Waals surface area contributed by atoms with Gasteiger partial charge in [-0.25, -0.2) is 0 Å². The van der Waals surface area contributed by atoms with Crippen LogP contribution in [0.15, 0.2) is 29.6 Å². The number of carbonyl (C=O) groups excluding carboxylic acids is 1. The van der Waals surface area contributed by atoms with Crippen LogP contribution in [0.3, 0.4) is 0 Å². The molecule has 1 aromatic carbocycles. The number of rotatable bonds is 3. The van der Waals surface area contributed by atoms with E-state index in [1.54, 1.807) is 0 Å². The molecule has 0 saturated heterocycles. The molecule has 2 heterocycles. The van der Waals surface area contributed by atoms with Crippen molar-refractivity contribution in [3.05, 3.63) is 50.7 Å². The summed E-state index contributed by atoms with van der Waals surface area (Å²) >= 11 is 7.98. The molecule has 2 aromatic rings. The monoisotopic (exact) mass is 334 g/mol. The quantitative estimate of drug-likeness (QED) is 0.909. The third kappa shape index (κ3) is 3.19. The van der Waals surface area contributed by atoms with Crippen molar-refractivity contribution in [3.8, 4) is 0 Å². The Balaban J connectivity index is 1.65. The number of carbonyl (C=O) groups is 1. The number of nitrogens with one attached hydrogen (secondary N) is 1. The van der Waals surface area contributed by atoms with Gasteiger partial charge in [0.1, 0.15) is 0 Å². The molecule has 0 bridgehead atoms. The Labute approximate surface area is 139 Å². The van der Waals surface area contributed by atoms with E-state index in [0.717, 1.165) is 18.5 Å². The Morgan fingerprint density at radius 2 is 2.27 bits per heavy atom. The SMILES string of the molecule is Cc1ccc(NC(=O)CN2CCc3sccc3[C@@H]2C)c(Cl)c1. The standard InChI is InChI=1S/C17H19ClN2OS/c1-11-3-4-15(14(18)9-11)19-17(21)10-20-7-5-16-13(12(20)2)6-8-22-16/h3-4,6,8-9,12H,5,7,10H2,1-2H3,(H,19,21)/t12-/m0/s1. The summed E-state index contributed by atoms with van der Waals surface area (Å²) in [5, 5.41) is 5.63. The normalized spacial score (nSPS) is 18.0. The van der Waals surface area contributed by atoms with Crippen LogP contribution in [0.2, 0.25) is 5.02 Å². The first-order chi connectivity index (χ1) is 10.5. The molecule has 5 heteroatoms. The van der Waals surface area contributed by atoms with Crippen molar-refractivity contribution in [2.24, 2.45) is 0 Å². The van der Waals surface area contributed by atoms with Gasteiger partial charge in [0.05, 0.1) is 17.3 Å². The van der Waals surface area contributed by atoms with Crippen molar-refractivity contribution in [1.29, 1.82) is 0 Å². The maximum absolute atomic E-state index is 12.3. The molecule has 1 aromatic heterocycles. The zero-order valence-corrected chi connectivity index (χ0v) is 14.3. The van der Waals surface area contributed by atoms with Crippen LogP contribution >= 0.6 is 22.9 Å². The predicted octanol–water partition coefficient (Wildman–Crippen LogP) is 4.27. The zero-order valence-electron chi connectivity index (χ0n) is 12.7. The zero-order chi connectivity index (χ0) is 15.7. The largest absolute Gasteiger partial charge is 0.324 e. The average Bonchev–Trinajstić information content (AvgIpc) is 2.94. The van der Waals surface area contributed by atoms with E-state index in [1.165, 1.54) is 10.4 Å².